The van der Waals surface area contributed by atoms with Crippen LogP contribution in [0.3, 0.4) is 0 Å². The molecule has 1 atom stereocenters. The van der Waals surface area contributed by atoms with Gasteiger partial charge in [0.15, 0.2) is 0 Å². The highest BCUT2D eigenvalue weighted by Gasteiger charge is 2.35. The second-order valence-corrected chi connectivity index (χ2v) is 5.68. The first-order valence-electron chi connectivity index (χ1n) is 5.84. The molecule has 0 aromatic rings. The summed E-state index contributed by atoms with van der Waals surface area (Å²) in [5.41, 5.74) is 0.971. The van der Waals surface area contributed by atoms with Gasteiger partial charge in [0, 0.05) is 0 Å². The number of nitrogens with zero attached hydrogens (tertiary/aromatic N) is 1. The van der Waals surface area contributed by atoms with Crippen molar-refractivity contribution in [3.63, 3.8) is 0 Å². The fourth-order valence-electron chi connectivity index (χ4n) is 2.65. The molecule has 88 valence electrons. The summed E-state index contributed by atoms with van der Waals surface area (Å²) in [5, 5.41) is 19.3. The van der Waals surface area contributed by atoms with E-state index in [-0.39, 0.29) is 5.41 Å². The van der Waals surface area contributed by atoms with Crippen LogP contribution in [-0.4, -0.2) is 10.7 Å². The molecule has 0 fully saturated rings. The average Bonchev–Trinajstić information content (AvgIpc) is 2.08. The van der Waals surface area contributed by atoms with Crippen molar-refractivity contribution in [2.75, 3.05) is 0 Å². The van der Waals surface area contributed by atoms with Crippen molar-refractivity contribution in [2.45, 2.75) is 52.6 Å². The van der Waals surface area contributed by atoms with Gasteiger partial charge in [0.25, 0.3) is 0 Å². The smallest absolute Gasteiger partial charge is 0.0991 e. The minimum absolute atomic E-state index is 0.0528. The zero-order valence-electron chi connectivity index (χ0n) is 10.7. The molecule has 0 saturated heterocycles. The van der Waals surface area contributed by atoms with Crippen molar-refractivity contribution in [1.29, 1.82) is 5.26 Å². The van der Waals surface area contributed by atoms with Crippen molar-refractivity contribution >= 4 is 0 Å². The lowest BCUT2D eigenvalue weighted by Crippen LogP contribution is -2.34. The highest BCUT2D eigenvalue weighted by molar-refractivity contribution is 5.44. The quantitative estimate of drug-likeness (QED) is 0.724. The standard InChI is InChI=1S/C14H21NO/c1-5-6-11(9-15)12-7-13(2,3)10-14(4,16)8-12/h6,8,16H,5,7,10H2,1-4H3/b11-6+. The van der Waals surface area contributed by atoms with E-state index >= 15 is 0 Å². The molecule has 0 saturated carbocycles. The van der Waals surface area contributed by atoms with Gasteiger partial charge in [-0.05, 0) is 43.3 Å². The Hall–Kier alpha value is -1.07. The first-order chi connectivity index (χ1) is 7.29. The molecule has 0 aliphatic heterocycles. The van der Waals surface area contributed by atoms with Crippen molar-refractivity contribution < 1.29 is 5.11 Å². The maximum absolute atomic E-state index is 10.2. The molecule has 0 bridgehead atoms. The highest BCUT2D eigenvalue weighted by atomic mass is 16.3. The first kappa shape index (κ1) is 13.0. The largest absolute Gasteiger partial charge is 0.386 e. The van der Waals surface area contributed by atoms with Gasteiger partial charge in [0.05, 0.1) is 17.2 Å². The summed E-state index contributed by atoms with van der Waals surface area (Å²) >= 11 is 0. The SMILES string of the molecule is CC/C=C(\C#N)C1=CC(C)(O)CC(C)(C)C1. The van der Waals surface area contributed by atoms with Crippen LogP contribution in [0.2, 0.25) is 0 Å². The number of hydrogen-bond donors (Lipinski definition) is 1. The Labute approximate surface area is 98.3 Å². The average molecular weight is 219 g/mol. The fourth-order valence-corrected chi connectivity index (χ4v) is 2.65. The zero-order valence-corrected chi connectivity index (χ0v) is 10.7. The van der Waals surface area contributed by atoms with Crippen molar-refractivity contribution in [1.82, 2.24) is 0 Å². The third-order valence-corrected chi connectivity index (χ3v) is 2.87. The van der Waals surface area contributed by atoms with Gasteiger partial charge in [-0.3, -0.25) is 0 Å². The van der Waals surface area contributed by atoms with Crippen molar-refractivity contribution in [2.24, 2.45) is 5.41 Å². The highest BCUT2D eigenvalue weighted by Crippen LogP contribution is 2.42. The second kappa shape index (κ2) is 4.43. The molecule has 0 amide bonds. The number of allylic oxidation sites excluding steroid dienone is 3. The van der Waals surface area contributed by atoms with Gasteiger partial charge in [-0.15, -0.1) is 0 Å². The van der Waals surface area contributed by atoms with Crippen LogP contribution >= 0.6 is 0 Å². The van der Waals surface area contributed by atoms with E-state index in [9.17, 15) is 5.11 Å². The molecule has 1 unspecified atom stereocenters. The molecule has 2 nitrogen and oxygen atoms in total. The maximum Gasteiger partial charge on any atom is 0.0991 e. The summed E-state index contributed by atoms with van der Waals surface area (Å²) in [6.45, 7) is 8.10. The van der Waals surface area contributed by atoms with Gasteiger partial charge in [-0.2, -0.15) is 5.26 Å². The van der Waals surface area contributed by atoms with Crippen molar-refractivity contribution in [3.05, 3.63) is 23.3 Å². The molecule has 16 heavy (non-hydrogen) atoms. The number of nitriles is 1. The molecule has 1 rings (SSSR count). The lowest BCUT2D eigenvalue weighted by molar-refractivity contribution is 0.0484. The Balaban J connectivity index is 3.10. The molecule has 0 aromatic carbocycles. The van der Waals surface area contributed by atoms with Gasteiger partial charge in [-0.25, -0.2) is 0 Å². The Morgan fingerprint density at radius 2 is 2.19 bits per heavy atom. The summed E-state index contributed by atoms with van der Waals surface area (Å²) in [5.74, 6) is 0. The maximum atomic E-state index is 10.2. The third kappa shape index (κ3) is 3.21. The molecule has 0 spiro atoms. The van der Waals surface area contributed by atoms with Crippen LogP contribution in [0.25, 0.3) is 0 Å². The molecular formula is C14H21NO. The first-order valence-corrected chi connectivity index (χ1v) is 5.84. The molecule has 1 N–H and O–H groups in total. The lowest BCUT2D eigenvalue weighted by atomic mass is 9.70. The van der Waals surface area contributed by atoms with E-state index < -0.39 is 5.60 Å². The Morgan fingerprint density at radius 3 is 2.62 bits per heavy atom. The van der Waals surface area contributed by atoms with Crippen LogP contribution in [0.1, 0.15) is 47.0 Å². The van der Waals surface area contributed by atoms with Gasteiger partial charge < -0.3 is 5.11 Å². The molecule has 0 radical (unpaired) electrons. The van der Waals surface area contributed by atoms with Crippen molar-refractivity contribution in [3.8, 4) is 6.07 Å². The van der Waals surface area contributed by atoms with Crippen LogP contribution in [0.15, 0.2) is 23.3 Å². The lowest BCUT2D eigenvalue weighted by Gasteiger charge is -2.38. The third-order valence-electron chi connectivity index (χ3n) is 2.87. The van der Waals surface area contributed by atoms with Gasteiger partial charge in [-0.1, -0.05) is 26.8 Å². The van der Waals surface area contributed by atoms with E-state index in [4.69, 9.17) is 5.26 Å². The molecule has 1 aliphatic rings. The molecule has 2 heteroatoms. The summed E-state index contributed by atoms with van der Waals surface area (Å²) in [6.07, 6.45) is 6.24. The Kier molecular flexibility index (Phi) is 3.60. The predicted octanol–water partition coefficient (Wildman–Crippen LogP) is 3.34. The zero-order chi connectivity index (χ0) is 12.4. The number of rotatable bonds is 2. The molecular weight excluding hydrogens is 198 g/mol. The summed E-state index contributed by atoms with van der Waals surface area (Å²) < 4.78 is 0. The van der Waals surface area contributed by atoms with Gasteiger partial charge in [0.1, 0.15) is 0 Å². The molecule has 1 aliphatic carbocycles. The summed E-state index contributed by atoms with van der Waals surface area (Å²) in [7, 11) is 0. The number of aliphatic hydroxyl groups is 1. The molecule has 0 aromatic heterocycles. The van der Waals surface area contributed by atoms with Crippen LogP contribution in [0.5, 0.6) is 0 Å². The predicted molar refractivity (Wildman–Crippen MR) is 65.7 cm³/mol. The van der Waals surface area contributed by atoms with E-state index in [0.717, 1.165) is 30.4 Å². The normalized spacial score (nSPS) is 29.5. The van der Waals surface area contributed by atoms with E-state index in [2.05, 4.69) is 19.9 Å². The Morgan fingerprint density at radius 1 is 1.56 bits per heavy atom. The van der Waals surface area contributed by atoms with Gasteiger partial charge in [0.2, 0.25) is 0 Å². The minimum Gasteiger partial charge on any atom is -0.386 e. The van der Waals surface area contributed by atoms with E-state index in [1.807, 2.05) is 26.0 Å². The van der Waals surface area contributed by atoms with E-state index in [1.165, 1.54) is 0 Å². The van der Waals surface area contributed by atoms with Crippen LogP contribution in [-0.2, 0) is 0 Å². The fraction of sp³-hybridized carbons (Fsp3) is 0.643. The molecule has 0 heterocycles. The number of hydrogen-bond acceptors (Lipinski definition) is 2. The topological polar surface area (TPSA) is 44.0 Å². The minimum atomic E-state index is -0.791. The van der Waals surface area contributed by atoms with Crippen LogP contribution < -0.4 is 0 Å². The van der Waals surface area contributed by atoms with Crippen LogP contribution in [0, 0.1) is 16.7 Å². The van der Waals surface area contributed by atoms with Crippen LogP contribution in [0.4, 0.5) is 0 Å². The second-order valence-electron chi connectivity index (χ2n) is 5.68. The monoisotopic (exact) mass is 219 g/mol. The van der Waals surface area contributed by atoms with Gasteiger partial charge >= 0.3 is 0 Å². The summed E-state index contributed by atoms with van der Waals surface area (Å²) in [6, 6.07) is 2.23. The Bertz CT molecular complexity index is 367. The van der Waals surface area contributed by atoms with E-state index in [0.29, 0.717) is 0 Å². The van der Waals surface area contributed by atoms with E-state index in [1.54, 1.807) is 0 Å². The summed E-state index contributed by atoms with van der Waals surface area (Å²) in [4.78, 5) is 0.